The fourth-order valence-electron chi connectivity index (χ4n) is 3.21. The number of hydrogen-bond acceptors (Lipinski definition) is 6. The highest BCUT2D eigenvalue weighted by molar-refractivity contribution is 7.15. The molecule has 9 heteroatoms. The summed E-state index contributed by atoms with van der Waals surface area (Å²) in [4.78, 5) is 28.2. The highest BCUT2D eigenvalue weighted by Gasteiger charge is 2.17. The summed E-state index contributed by atoms with van der Waals surface area (Å²) in [6.45, 7) is 2.06. The van der Waals surface area contributed by atoms with Gasteiger partial charge in [0.1, 0.15) is 5.69 Å². The third-order valence-corrected chi connectivity index (χ3v) is 5.92. The summed E-state index contributed by atoms with van der Waals surface area (Å²) >= 11 is 1.68. The molecule has 8 nitrogen and oxygen atoms in total. The maximum Gasteiger partial charge on any atom is 0.326 e. The number of nitrogens with zero attached hydrogens (tertiary/aromatic N) is 4. The molecule has 0 aromatic carbocycles. The fraction of sp³-hybridized carbons (Fsp3) is 0.263. The smallest absolute Gasteiger partial charge is 0.326 e. The van der Waals surface area contributed by atoms with E-state index in [-0.39, 0.29) is 11.6 Å². The summed E-state index contributed by atoms with van der Waals surface area (Å²) in [5.41, 5.74) is 2.05. The van der Waals surface area contributed by atoms with Crippen molar-refractivity contribution >= 4 is 23.1 Å². The Bertz CT molecular complexity index is 1360. The van der Waals surface area contributed by atoms with E-state index in [1.54, 1.807) is 28.1 Å². The summed E-state index contributed by atoms with van der Waals surface area (Å²) < 4.78 is 1.72. The van der Waals surface area contributed by atoms with Crippen LogP contribution < -0.4 is 16.4 Å². The van der Waals surface area contributed by atoms with Gasteiger partial charge >= 0.3 is 5.69 Å². The molecule has 3 N–H and O–H groups in total. The van der Waals surface area contributed by atoms with Gasteiger partial charge < -0.3 is 10.1 Å². The average Bonchev–Trinajstić information content (AvgIpc) is 3.31. The number of hydrogen-bond donors (Lipinski definition) is 3. The van der Waals surface area contributed by atoms with Crippen molar-refractivity contribution in [2.45, 2.75) is 32.2 Å². The highest BCUT2D eigenvalue weighted by Crippen LogP contribution is 2.25. The number of imidazole rings is 1. The van der Waals surface area contributed by atoms with Gasteiger partial charge in [0.15, 0.2) is 11.1 Å². The lowest BCUT2D eigenvalue weighted by Crippen LogP contribution is -2.24. The Kier molecular flexibility index (Phi) is 3.90. The topological polar surface area (TPSA) is 111 Å². The van der Waals surface area contributed by atoms with Crippen LogP contribution in [0.5, 0.6) is 5.88 Å². The standard InChI is InChI=1S/C19H18N6O2S/c1-10-5-6-15(28-10)13-8-16(21-12-3-2-4-12)25-17(22-13)11(9-20-25)7-14-18(26)24-19(27)23-14/h5-9,12,26H,2-4H2,1H3,(H2,23,24,27). The average molecular weight is 394 g/mol. The van der Waals surface area contributed by atoms with Crippen molar-refractivity contribution in [3.63, 3.8) is 0 Å². The van der Waals surface area contributed by atoms with Crippen molar-refractivity contribution in [2.24, 2.45) is 4.99 Å². The van der Waals surface area contributed by atoms with Gasteiger partial charge in [-0.25, -0.2) is 9.78 Å². The van der Waals surface area contributed by atoms with E-state index in [9.17, 15) is 9.90 Å². The van der Waals surface area contributed by atoms with Gasteiger partial charge in [0, 0.05) is 16.2 Å². The molecule has 28 heavy (non-hydrogen) atoms. The first-order valence-electron chi connectivity index (χ1n) is 9.09. The molecule has 4 heterocycles. The second kappa shape index (κ2) is 6.45. The number of aromatic hydroxyl groups is 1. The Morgan fingerprint density at radius 3 is 2.86 bits per heavy atom. The Balaban J connectivity index is 1.77. The number of aromatic nitrogens is 5. The van der Waals surface area contributed by atoms with Crippen molar-refractivity contribution in [3.05, 3.63) is 56.2 Å². The first-order chi connectivity index (χ1) is 13.6. The number of thiophene rings is 1. The second-order valence-corrected chi connectivity index (χ2v) is 8.23. The molecule has 0 amide bonds. The predicted molar refractivity (Wildman–Crippen MR) is 106 cm³/mol. The van der Waals surface area contributed by atoms with E-state index >= 15 is 0 Å². The SMILES string of the molecule is Cc1ccc(-c2cc(=NC3CCC3)n3ncc(=Cc4[nH]c(=O)[nH]c4O)c3n2)s1. The Labute approximate surface area is 162 Å². The van der Waals surface area contributed by atoms with Crippen LogP contribution in [0.25, 0.3) is 22.3 Å². The molecule has 0 unspecified atom stereocenters. The molecule has 0 aliphatic heterocycles. The molecule has 4 aromatic rings. The van der Waals surface area contributed by atoms with Crippen molar-refractivity contribution < 1.29 is 5.11 Å². The van der Waals surface area contributed by atoms with Crippen LogP contribution in [0.1, 0.15) is 29.8 Å². The van der Waals surface area contributed by atoms with E-state index in [0.29, 0.717) is 16.9 Å². The van der Waals surface area contributed by atoms with Gasteiger partial charge in [-0.15, -0.1) is 11.3 Å². The molecule has 1 aliphatic carbocycles. The monoisotopic (exact) mass is 394 g/mol. The number of H-pyrrole nitrogens is 2. The van der Waals surface area contributed by atoms with Crippen LogP contribution in [0.15, 0.2) is 34.2 Å². The van der Waals surface area contributed by atoms with Crippen molar-refractivity contribution in [2.75, 3.05) is 0 Å². The maximum atomic E-state index is 11.4. The first-order valence-corrected chi connectivity index (χ1v) is 9.91. The van der Waals surface area contributed by atoms with Gasteiger partial charge in [0.05, 0.1) is 22.8 Å². The number of fused-ring (bicyclic) bond motifs is 1. The summed E-state index contributed by atoms with van der Waals surface area (Å²) in [6.07, 6.45) is 6.71. The lowest BCUT2D eigenvalue weighted by Gasteiger charge is -2.20. The van der Waals surface area contributed by atoms with E-state index in [2.05, 4.69) is 34.1 Å². The van der Waals surface area contributed by atoms with Crippen molar-refractivity contribution in [1.82, 2.24) is 24.6 Å². The molecule has 5 rings (SSSR count). The zero-order valence-corrected chi connectivity index (χ0v) is 16.0. The van der Waals surface area contributed by atoms with E-state index in [1.807, 2.05) is 6.07 Å². The second-order valence-electron chi connectivity index (χ2n) is 6.94. The molecule has 4 aromatic heterocycles. The Morgan fingerprint density at radius 2 is 2.21 bits per heavy atom. The molecule has 0 spiro atoms. The largest absolute Gasteiger partial charge is 0.493 e. The minimum absolute atomic E-state index is 0.214. The number of aryl methyl sites for hydroxylation is 1. The molecule has 142 valence electrons. The van der Waals surface area contributed by atoms with Crippen molar-refractivity contribution in [3.8, 4) is 16.5 Å². The van der Waals surface area contributed by atoms with Crippen LogP contribution in [0.3, 0.4) is 0 Å². The summed E-state index contributed by atoms with van der Waals surface area (Å²) in [7, 11) is 0. The van der Waals surface area contributed by atoms with E-state index in [4.69, 9.17) is 9.98 Å². The third kappa shape index (κ3) is 2.93. The van der Waals surface area contributed by atoms with Crippen molar-refractivity contribution in [1.29, 1.82) is 0 Å². The van der Waals surface area contributed by atoms with E-state index in [1.165, 1.54) is 11.3 Å². The Morgan fingerprint density at radius 1 is 1.36 bits per heavy atom. The van der Waals surface area contributed by atoms with Crippen LogP contribution in [0.2, 0.25) is 0 Å². The van der Waals surface area contributed by atoms with E-state index in [0.717, 1.165) is 28.9 Å². The number of nitrogens with one attached hydrogen (secondary N) is 2. The summed E-state index contributed by atoms with van der Waals surface area (Å²) in [5.74, 6) is -0.214. The molecule has 1 fully saturated rings. The van der Waals surface area contributed by atoms with Gasteiger partial charge in [0.2, 0.25) is 5.88 Å². The zero-order valence-electron chi connectivity index (χ0n) is 15.1. The molecule has 0 atom stereocenters. The zero-order chi connectivity index (χ0) is 19.3. The van der Waals surface area contributed by atoms with Crippen LogP contribution in [0, 0.1) is 6.92 Å². The van der Waals surface area contributed by atoms with Gasteiger partial charge in [-0.2, -0.15) is 9.61 Å². The molecule has 0 radical (unpaired) electrons. The van der Waals surface area contributed by atoms with E-state index < -0.39 is 5.69 Å². The van der Waals surface area contributed by atoms with Gasteiger partial charge in [-0.1, -0.05) is 0 Å². The lowest BCUT2D eigenvalue weighted by molar-refractivity contribution is 0.409. The normalized spacial score (nSPS) is 16.2. The van der Waals surface area contributed by atoms with Crippen LogP contribution in [-0.2, 0) is 0 Å². The molecular formula is C19H18N6O2S. The fourth-order valence-corrected chi connectivity index (χ4v) is 4.03. The number of rotatable bonds is 3. The third-order valence-electron chi connectivity index (χ3n) is 4.90. The quantitative estimate of drug-likeness (QED) is 0.489. The summed E-state index contributed by atoms with van der Waals surface area (Å²) in [5, 5.41) is 15.0. The predicted octanol–water partition coefficient (Wildman–Crippen LogP) is 1.49. The molecule has 0 saturated heterocycles. The lowest BCUT2D eigenvalue weighted by atomic mass is 9.94. The molecule has 1 aliphatic rings. The Hall–Kier alpha value is -3.20. The van der Waals surface area contributed by atoms with Crippen LogP contribution >= 0.6 is 11.3 Å². The number of aromatic amines is 2. The van der Waals surface area contributed by atoms with Crippen LogP contribution in [-0.4, -0.2) is 35.7 Å². The van der Waals surface area contributed by atoms with Gasteiger partial charge in [-0.3, -0.25) is 9.98 Å². The molecule has 0 bridgehead atoms. The van der Waals surface area contributed by atoms with Crippen LogP contribution in [0.4, 0.5) is 0 Å². The highest BCUT2D eigenvalue weighted by atomic mass is 32.1. The minimum Gasteiger partial charge on any atom is -0.493 e. The minimum atomic E-state index is -0.469. The summed E-state index contributed by atoms with van der Waals surface area (Å²) in [6, 6.07) is 6.43. The first kappa shape index (κ1) is 16.9. The van der Waals surface area contributed by atoms with Gasteiger partial charge in [-0.05, 0) is 44.4 Å². The van der Waals surface area contributed by atoms with Gasteiger partial charge in [0.25, 0.3) is 0 Å². The molecule has 1 saturated carbocycles. The molecular weight excluding hydrogens is 376 g/mol. The maximum absolute atomic E-state index is 11.4.